The monoisotopic (exact) mass is 322 g/mol. The molecule has 1 atom stereocenters. The molecule has 1 heterocycles. The topological polar surface area (TPSA) is 107 Å². The van der Waals surface area contributed by atoms with E-state index in [1.54, 1.807) is 42.2 Å². The van der Waals surface area contributed by atoms with Crippen molar-refractivity contribution >= 4 is 15.9 Å². The number of aromatic nitrogens is 2. The SMILES string of the molecule is C[C@H](C(=O)NCCc1ccc(S(N)(=O)=O)cc1)n1cccn1. The molecule has 0 saturated carbocycles. The molecule has 118 valence electrons. The number of hydrogen-bond donors (Lipinski definition) is 2. The van der Waals surface area contributed by atoms with E-state index in [-0.39, 0.29) is 16.8 Å². The smallest absolute Gasteiger partial charge is 0.244 e. The highest BCUT2D eigenvalue weighted by Crippen LogP contribution is 2.09. The van der Waals surface area contributed by atoms with Crippen molar-refractivity contribution in [3.05, 3.63) is 48.3 Å². The highest BCUT2D eigenvalue weighted by atomic mass is 32.2. The Morgan fingerprint density at radius 2 is 2.05 bits per heavy atom. The lowest BCUT2D eigenvalue weighted by Crippen LogP contribution is -2.32. The summed E-state index contributed by atoms with van der Waals surface area (Å²) in [6, 6.07) is 7.67. The number of primary sulfonamides is 1. The Morgan fingerprint density at radius 1 is 1.36 bits per heavy atom. The van der Waals surface area contributed by atoms with E-state index in [0.29, 0.717) is 13.0 Å². The first-order chi connectivity index (χ1) is 10.4. The zero-order valence-corrected chi connectivity index (χ0v) is 13.0. The molecule has 0 bridgehead atoms. The van der Waals surface area contributed by atoms with Gasteiger partial charge in [0.05, 0.1) is 4.90 Å². The summed E-state index contributed by atoms with van der Waals surface area (Å²) < 4.78 is 23.9. The summed E-state index contributed by atoms with van der Waals surface area (Å²) in [6.45, 7) is 2.22. The van der Waals surface area contributed by atoms with Gasteiger partial charge in [-0.05, 0) is 37.1 Å². The molecule has 7 nitrogen and oxygen atoms in total. The number of nitrogens with two attached hydrogens (primary N) is 1. The maximum atomic E-state index is 11.9. The Bertz CT molecular complexity index is 724. The van der Waals surface area contributed by atoms with E-state index < -0.39 is 10.0 Å². The van der Waals surface area contributed by atoms with Gasteiger partial charge >= 0.3 is 0 Å². The predicted molar refractivity (Wildman–Crippen MR) is 81.5 cm³/mol. The number of carbonyl (C=O) groups is 1. The molecule has 0 fully saturated rings. The first-order valence-corrected chi connectivity index (χ1v) is 8.31. The van der Waals surface area contributed by atoms with Gasteiger partial charge in [0.2, 0.25) is 15.9 Å². The summed E-state index contributed by atoms with van der Waals surface area (Å²) in [6.07, 6.45) is 3.95. The van der Waals surface area contributed by atoms with Crippen LogP contribution in [0.4, 0.5) is 0 Å². The van der Waals surface area contributed by atoms with Crippen LogP contribution in [0.2, 0.25) is 0 Å². The molecule has 2 aromatic rings. The second-order valence-corrected chi connectivity index (χ2v) is 6.45. The van der Waals surface area contributed by atoms with E-state index in [2.05, 4.69) is 10.4 Å². The third-order valence-corrected chi connectivity index (χ3v) is 4.20. The summed E-state index contributed by atoms with van der Waals surface area (Å²) >= 11 is 0. The predicted octanol–water partition coefficient (Wildman–Crippen LogP) is 0.450. The van der Waals surface area contributed by atoms with Gasteiger partial charge in [0, 0.05) is 18.9 Å². The van der Waals surface area contributed by atoms with E-state index in [1.165, 1.54) is 12.1 Å². The standard InChI is InChI=1S/C14H18N4O3S/c1-11(18-10-2-8-17-18)14(19)16-9-7-12-3-5-13(6-4-12)22(15,20)21/h2-6,8,10-11H,7,9H2,1H3,(H,16,19)(H2,15,20,21)/t11-/m1/s1. The van der Waals surface area contributed by atoms with Crippen LogP contribution in [0.1, 0.15) is 18.5 Å². The number of sulfonamides is 1. The minimum atomic E-state index is -3.67. The molecule has 1 aromatic carbocycles. The van der Waals surface area contributed by atoms with Crippen molar-refractivity contribution in [2.24, 2.45) is 5.14 Å². The molecule has 0 aliphatic heterocycles. The van der Waals surface area contributed by atoms with Crippen LogP contribution in [-0.2, 0) is 21.2 Å². The second-order valence-electron chi connectivity index (χ2n) is 4.89. The second kappa shape index (κ2) is 6.71. The van der Waals surface area contributed by atoms with Gasteiger partial charge in [0.1, 0.15) is 6.04 Å². The van der Waals surface area contributed by atoms with Crippen molar-refractivity contribution in [1.82, 2.24) is 15.1 Å². The molecule has 1 aromatic heterocycles. The summed E-state index contributed by atoms with van der Waals surface area (Å²) in [5.41, 5.74) is 0.916. The summed E-state index contributed by atoms with van der Waals surface area (Å²) in [4.78, 5) is 12.0. The lowest BCUT2D eigenvalue weighted by atomic mass is 10.1. The number of rotatable bonds is 6. The highest BCUT2D eigenvalue weighted by molar-refractivity contribution is 7.89. The fraction of sp³-hybridized carbons (Fsp3) is 0.286. The third kappa shape index (κ3) is 4.15. The van der Waals surface area contributed by atoms with E-state index >= 15 is 0 Å². The van der Waals surface area contributed by atoms with E-state index in [1.807, 2.05) is 0 Å². The lowest BCUT2D eigenvalue weighted by Gasteiger charge is -2.12. The van der Waals surface area contributed by atoms with Gasteiger partial charge in [0.25, 0.3) is 0 Å². The molecular weight excluding hydrogens is 304 g/mol. The fourth-order valence-corrected chi connectivity index (χ4v) is 2.47. The van der Waals surface area contributed by atoms with Gasteiger partial charge in [0.15, 0.2) is 0 Å². The minimum absolute atomic E-state index is 0.0765. The van der Waals surface area contributed by atoms with Gasteiger partial charge in [-0.25, -0.2) is 13.6 Å². The van der Waals surface area contributed by atoms with Crippen LogP contribution in [0.5, 0.6) is 0 Å². The van der Waals surface area contributed by atoms with E-state index in [0.717, 1.165) is 5.56 Å². The number of carbonyl (C=O) groups excluding carboxylic acids is 1. The van der Waals surface area contributed by atoms with Crippen molar-refractivity contribution in [3.63, 3.8) is 0 Å². The van der Waals surface area contributed by atoms with Crippen molar-refractivity contribution in [2.75, 3.05) is 6.54 Å². The van der Waals surface area contributed by atoms with Crippen molar-refractivity contribution in [2.45, 2.75) is 24.3 Å². The number of nitrogens with zero attached hydrogens (tertiary/aromatic N) is 2. The Kier molecular flexibility index (Phi) is 4.94. The summed E-state index contributed by atoms with van der Waals surface area (Å²) in [5.74, 6) is -0.121. The molecule has 0 aliphatic rings. The zero-order valence-electron chi connectivity index (χ0n) is 12.1. The molecule has 0 aliphatic carbocycles. The Labute approximate surface area is 129 Å². The Balaban J connectivity index is 1.85. The van der Waals surface area contributed by atoms with E-state index in [4.69, 9.17) is 5.14 Å². The first-order valence-electron chi connectivity index (χ1n) is 6.76. The molecular formula is C14H18N4O3S. The maximum Gasteiger partial charge on any atom is 0.244 e. The van der Waals surface area contributed by atoms with Crippen LogP contribution >= 0.6 is 0 Å². The molecule has 0 spiro atoms. The average molecular weight is 322 g/mol. The quantitative estimate of drug-likeness (QED) is 0.805. The van der Waals surface area contributed by atoms with Crippen LogP contribution in [0.15, 0.2) is 47.6 Å². The molecule has 0 unspecified atom stereocenters. The molecule has 3 N–H and O–H groups in total. The number of hydrogen-bond acceptors (Lipinski definition) is 4. The maximum absolute atomic E-state index is 11.9. The van der Waals surface area contributed by atoms with Crippen LogP contribution in [0.3, 0.4) is 0 Å². The van der Waals surface area contributed by atoms with E-state index in [9.17, 15) is 13.2 Å². The van der Waals surface area contributed by atoms with Crippen LogP contribution in [0, 0.1) is 0 Å². The molecule has 22 heavy (non-hydrogen) atoms. The van der Waals surface area contributed by atoms with Gasteiger partial charge in [-0.3, -0.25) is 9.48 Å². The van der Waals surface area contributed by atoms with Crippen molar-refractivity contribution in [1.29, 1.82) is 0 Å². The number of nitrogens with one attached hydrogen (secondary N) is 1. The molecule has 0 radical (unpaired) electrons. The van der Waals surface area contributed by atoms with Gasteiger partial charge in [-0.2, -0.15) is 5.10 Å². The molecule has 2 rings (SSSR count). The largest absolute Gasteiger partial charge is 0.354 e. The number of benzene rings is 1. The first kappa shape index (κ1) is 16.2. The van der Waals surface area contributed by atoms with Crippen molar-refractivity contribution in [3.8, 4) is 0 Å². The highest BCUT2D eigenvalue weighted by Gasteiger charge is 2.14. The van der Waals surface area contributed by atoms with Crippen LogP contribution < -0.4 is 10.5 Å². The summed E-state index contributed by atoms with van der Waals surface area (Å²) in [5, 5.41) is 11.9. The normalized spacial score (nSPS) is 12.8. The molecule has 0 saturated heterocycles. The van der Waals surface area contributed by atoms with Crippen LogP contribution in [0.25, 0.3) is 0 Å². The van der Waals surface area contributed by atoms with Gasteiger partial charge in [-0.15, -0.1) is 0 Å². The average Bonchev–Trinajstić information content (AvgIpc) is 3.00. The molecule has 1 amide bonds. The summed E-state index contributed by atoms with van der Waals surface area (Å²) in [7, 11) is -3.67. The van der Waals surface area contributed by atoms with Gasteiger partial charge in [-0.1, -0.05) is 12.1 Å². The van der Waals surface area contributed by atoms with Crippen molar-refractivity contribution < 1.29 is 13.2 Å². The zero-order chi connectivity index (χ0) is 16.2. The van der Waals surface area contributed by atoms with Gasteiger partial charge < -0.3 is 5.32 Å². The Morgan fingerprint density at radius 3 is 2.59 bits per heavy atom. The lowest BCUT2D eigenvalue weighted by molar-refractivity contribution is -0.124. The Hall–Kier alpha value is -2.19. The third-order valence-electron chi connectivity index (χ3n) is 3.27. The fourth-order valence-electron chi connectivity index (χ4n) is 1.95. The number of amides is 1. The molecule has 8 heteroatoms. The van der Waals surface area contributed by atoms with Crippen LogP contribution in [-0.4, -0.2) is 30.7 Å². The minimum Gasteiger partial charge on any atom is -0.354 e.